The maximum absolute atomic E-state index is 13.1. The second-order valence-corrected chi connectivity index (χ2v) is 11.5. The van der Waals surface area contributed by atoms with Crippen molar-refractivity contribution in [3.8, 4) is 11.3 Å². The molecular weight excluding hydrogens is 424 g/mol. The van der Waals surface area contributed by atoms with Gasteiger partial charge in [-0.05, 0) is 24.1 Å². The summed E-state index contributed by atoms with van der Waals surface area (Å²) in [5.41, 5.74) is 2.07. The summed E-state index contributed by atoms with van der Waals surface area (Å²) in [7, 11) is -7.26. The molecule has 0 amide bonds. The fourth-order valence-electron chi connectivity index (χ4n) is 3.65. The molecule has 0 radical (unpaired) electrons. The highest BCUT2D eigenvalue weighted by molar-refractivity contribution is 7.92. The van der Waals surface area contributed by atoms with Gasteiger partial charge in [0.1, 0.15) is 12.0 Å². The van der Waals surface area contributed by atoms with Crippen molar-refractivity contribution in [3.05, 3.63) is 72.3 Å². The van der Waals surface area contributed by atoms with Crippen LogP contribution >= 0.6 is 0 Å². The van der Waals surface area contributed by atoms with Crippen molar-refractivity contribution in [2.24, 2.45) is 0 Å². The molecule has 30 heavy (non-hydrogen) atoms. The SMILES string of the molecule is Cc1nc(-c2ccc(S(=O)(=O)N3CCC(c4ccccc4)S(=O)(=O)CC3)cc2)co1. The molecule has 2 aromatic carbocycles. The Hall–Kier alpha value is -2.49. The minimum absolute atomic E-state index is 0.0573. The summed E-state index contributed by atoms with van der Waals surface area (Å²) in [6.45, 7) is 1.82. The van der Waals surface area contributed by atoms with E-state index < -0.39 is 25.1 Å². The highest BCUT2D eigenvalue weighted by Gasteiger charge is 2.35. The molecule has 0 bridgehead atoms. The Morgan fingerprint density at radius 1 is 1.03 bits per heavy atom. The highest BCUT2D eigenvalue weighted by atomic mass is 32.2. The third-order valence-corrected chi connectivity index (χ3v) is 9.32. The van der Waals surface area contributed by atoms with E-state index in [4.69, 9.17) is 4.42 Å². The molecule has 2 heterocycles. The second kappa shape index (κ2) is 7.98. The zero-order valence-electron chi connectivity index (χ0n) is 16.4. The number of aryl methyl sites for hydroxylation is 1. The summed E-state index contributed by atoms with van der Waals surface area (Å²) in [5, 5.41) is -0.698. The van der Waals surface area contributed by atoms with Gasteiger partial charge in [0.25, 0.3) is 0 Å². The Labute approximate surface area is 176 Å². The summed E-state index contributed by atoms with van der Waals surface area (Å²) in [6.07, 6.45) is 1.74. The van der Waals surface area contributed by atoms with E-state index in [1.165, 1.54) is 22.7 Å². The standard InChI is InChI=1S/C21H22N2O5S2/c1-16-22-20(15-28-16)17-7-9-19(10-8-17)30(26,27)23-12-11-21(29(24,25)14-13-23)18-5-3-2-4-6-18/h2-10,15,21H,11-14H2,1H3. The van der Waals surface area contributed by atoms with Gasteiger partial charge >= 0.3 is 0 Å². The minimum Gasteiger partial charge on any atom is -0.449 e. The van der Waals surface area contributed by atoms with Crippen molar-refractivity contribution in [1.29, 1.82) is 0 Å². The van der Waals surface area contributed by atoms with Gasteiger partial charge in [0.05, 0.1) is 15.9 Å². The third-order valence-electron chi connectivity index (χ3n) is 5.28. The van der Waals surface area contributed by atoms with Crippen LogP contribution in [0.25, 0.3) is 11.3 Å². The van der Waals surface area contributed by atoms with Crippen LogP contribution in [0.5, 0.6) is 0 Å². The van der Waals surface area contributed by atoms with Crippen molar-refractivity contribution in [3.63, 3.8) is 0 Å². The highest BCUT2D eigenvalue weighted by Crippen LogP contribution is 2.31. The lowest BCUT2D eigenvalue weighted by molar-refractivity contribution is 0.428. The second-order valence-electron chi connectivity index (χ2n) is 7.24. The minimum atomic E-state index is -3.81. The Kier molecular flexibility index (Phi) is 5.52. The number of oxazole rings is 1. The fraction of sp³-hybridized carbons (Fsp3) is 0.286. The number of benzene rings is 2. The molecule has 1 fully saturated rings. The van der Waals surface area contributed by atoms with Gasteiger partial charge in [0.15, 0.2) is 15.7 Å². The third kappa shape index (κ3) is 4.05. The van der Waals surface area contributed by atoms with Crippen LogP contribution in [0.4, 0.5) is 0 Å². The van der Waals surface area contributed by atoms with Crippen LogP contribution in [-0.2, 0) is 19.9 Å². The summed E-state index contributed by atoms with van der Waals surface area (Å²) >= 11 is 0. The molecule has 1 aromatic heterocycles. The molecule has 1 atom stereocenters. The van der Waals surface area contributed by atoms with Crippen molar-refractivity contribution in [2.45, 2.75) is 23.5 Å². The maximum Gasteiger partial charge on any atom is 0.243 e. The predicted molar refractivity (Wildman–Crippen MR) is 113 cm³/mol. The van der Waals surface area contributed by atoms with Gasteiger partial charge in [0, 0.05) is 25.6 Å². The fourth-order valence-corrected chi connectivity index (χ4v) is 7.02. The van der Waals surface area contributed by atoms with E-state index in [1.54, 1.807) is 43.3 Å². The van der Waals surface area contributed by atoms with Crippen LogP contribution in [0.2, 0.25) is 0 Å². The van der Waals surface area contributed by atoms with E-state index in [9.17, 15) is 16.8 Å². The molecule has 4 rings (SSSR count). The molecule has 0 N–H and O–H groups in total. The van der Waals surface area contributed by atoms with Gasteiger partial charge < -0.3 is 4.42 Å². The Morgan fingerprint density at radius 3 is 2.37 bits per heavy atom. The molecule has 9 heteroatoms. The Morgan fingerprint density at radius 2 is 1.73 bits per heavy atom. The lowest BCUT2D eigenvalue weighted by atomic mass is 10.1. The number of sulfone groups is 1. The molecule has 158 valence electrons. The molecular formula is C21H22N2O5S2. The van der Waals surface area contributed by atoms with Crippen LogP contribution in [0.15, 0.2) is 70.2 Å². The van der Waals surface area contributed by atoms with Crippen LogP contribution in [0.1, 0.15) is 23.1 Å². The molecule has 0 saturated carbocycles. The molecule has 7 nitrogen and oxygen atoms in total. The molecule has 0 spiro atoms. The molecule has 3 aromatic rings. The molecule has 1 unspecified atom stereocenters. The van der Waals surface area contributed by atoms with Crippen LogP contribution in [-0.4, -0.2) is 45.0 Å². The van der Waals surface area contributed by atoms with Gasteiger partial charge in [-0.1, -0.05) is 42.5 Å². The first-order valence-electron chi connectivity index (χ1n) is 9.56. The lowest BCUT2D eigenvalue weighted by Gasteiger charge is -2.20. The first-order valence-corrected chi connectivity index (χ1v) is 12.7. The van der Waals surface area contributed by atoms with Gasteiger partial charge in [-0.15, -0.1) is 0 Å². The van der Waals surface area contributed by atoms with Gasteiger partial charge in [-0.3, -0.25) is 0 Å². The summed E-state index contributed by atoms with van der Waals surface area (Å²) in [4.78, 5) is 4.36. The number of sulfonamides is 1. The van der Waals surface area contributed by atoms with E-state index in [-0.39, 0.29) is 30.2 Å². The normalized spacial score (nSPS) is 20.0. The van der Waals surface area contributed by atoms with Crippen LogP contribution in [0.3, 0.4) is 0 Å². The predicted octanol–water partition coefficient (Wildman–Crippen LogP) is 3.20. The molecule has 0 aliphatic carbocycles. The average molecular weight is 447 g/mol. The average Bonchev–Trinajstić information content (AvgIpc) is 3.09. The largest absolute Gasteiger partial charge is 0.449 e. The van der Waals surface area contributed by atoms with E-state index >= 15 is 0 Å². The smallest absolute Gasteiger partial charge is 0.243 e. The Balaban J connectivity index is 1.57. The number of hydrogen-bond acceptors (Lipinski definition) is 6. The number of rotatable bonds is 4. The quantitative estimate of drug-likeness (QED) is 0.610. The molecule has 1 aliphatic heterocycles. The van der Waals surface area contributed by atoms with Crippen molar-refractivity contribution >= 4 is 19.9 Å². The van der Waals surface area contributed by atoms with Crippen LogP contribution in [0, 0.1) is 6.92 Å². The topological polar surface area (TPSA) is 97.5 Å². The molecule has 1 aliphatic rings. The Bertz CT molecular complexity index is 1230. The molecule has 1 saturated heterocycles. The lowest BCUT2D eigenvalue weighted by Crippen LogP contribution is -2.33. The van der Waals surface area contributed by atoms with Crippen LogP contribution < -0.4 is 0 Å². The first-order chi connectivity index (χ1) is 14.3. The van der Waals surface area contributed by atoms with E-state index in [2.05, 4.69) is 4.98 Å². The van der Waals surface area contributed by atoms with E-state index in [1.807, 2.05) is 6.07 Å². The van der Waals surface area contributed by atoms with Gasteiger partial charge in [-0.25, -0.2) is 21.8 Å². The van der Waals surface area contributed by atoms with Gasteiger partial charge in [0.2, 0.25) is 10.0 Å². The van der Waals surface area contributed by atoms with Gasteiger partial charge in [-0.2, -0.15) is 4.31 Å². The van der Waals surface area contributed by atoms with Crippen molar-refractivity contribution in [1.82, 2.24) is 9.29 Å². The van der Waals surface area contributed by atoms with E-state index in [0.717, 1.165) is 5.56 Å². The number of nitrogens with zero attached hydrogens (tertiary/aromatic N) is 2. The summed E-state index contributed by atoms with van der Waals surface area (Å²) in [5.74, 6) is 0.322. The zero-order chi connectivity index (χ0) is 21.4. The summed E-state index contributed by atoms with van der Waals surface area (Å²) in [6, 6.07) is 15.3. The maximum atomic E-state index is 13.1. The zero-order valence-corrected chi connectivity index (χ0v) is 18.1. The number of aromatic nitrogens is 1. The summed E-state index contributed by atoms with van der Waals surface area (Å²) < 4.78 is 58.3. The number of hydrogen-bond donors (Lipinski definition) is 0. The monoisotopic (exact) mass is 446 g/mol. The van der Waals surface area contributed by atoms with E-state index in [0.29, 0.717) is 17.1 Å². The first kappa shape index (κ1) is 20.8. The van der Waals surface area contributed by atoms with Crippen molar-refractivity contribution in [2.75, 3.05) is 18.8 Å². The van der Waals surface area contributed by atoms with Crippen molar-refractivity contribution < 1.29 is 21.3 Å².